The average molecular weight is 322 g/mol. The molecule has 2 aromatic rings. The molecule has 0 aromatic heterocycles. The molecule has 2 rings (SSSR count). The van der Waals surface area contributed by atoms with Gasteiger partial charge in [-0.05, 0) is 35.1 Å². The van der Waals surface area contributed by atoms with Crippen molar-refractivity contribution in [1.29, 1.82) is 0 Å². The summed E-state index contributed by atoms with van der Waals surface area (Å²) in [6.45, 7) is 0. The Morgan fingerprint density at radius 2 is 1.00 bits per heavy atom. The Kier molecular flexibility index (Phi) is 6.08. The number of carboxylic acids is 2. The summed E-state index contributed by atoms with van der Waals surface area (Å²) in [4.78, 5) is 20.9. The molecule has 0 radical (unpaired) electrons. The third-order valence-electron chi connectivity index (χ3n) is 3.47. The Morgan fingerprint density at radius 3 is 1.29 bits per heavy atom. The maximum Gasteiger partial charge on any atom is 0.327 e. The standard InChI is InChI=1S/C20H18O4/c21-19(22)5-1-3-15-7-11-17(12-8-15)18-13-9-16(10-14-18)4-2-6-20(23)24/h1-2,5-14H,3-4H2,(H,21,22)(H,23,24)/b5-1+,6-2+. The molecule has 0 aliphatic heterocycles. The fraction of sp³-hybridized carbons (Fsp3) is 0.100. The van der Waals surface area contributed by atoms with Crippen molar-refractivity contribution >= 4 is 11.9 Å². The van der Waals surface area contributed by atoms with E-state index >= 15 is 0 Å². The maximum absolute atomic E-state index is 10.4. The number of benzene rings is 2. The summed E-state index contributed by atoms with van der Waals surface area (Å²) < 4.78 is 0. The smallest absolute Gasteiger partial charge is 0.327 e. The largest absolute Gasteiger partial charge is 0.478 e. The lowest BCUT2D eigenvalue weighted by Crippen LogP contribution is -1.89. The Bertz CT molecular complexity index is 686. The number of hydrogen-bond donors (Lipinski definition) is 2. The zero-order chi connectivity index (χ0) is 17.4. The van der Waals surface area contributed by atoms with Crippen LogP contribution in [0.5, 0.6) is 0 Å². The first-order chi connectivity index (χ1) is 11.5. The fourth-order valence-corrected chi connectivity index (χ4v) is 2.26. The lowest BCUT2D eigenvalue weighted by atomic mass is 10.0. The molecule has 0 aliphatic rings. The van der Waals surface area contributed by atoms with E-state index in [4.69, 9.17) is 10.2 Å². The van der Waals surface area contributed by atoms with Gasteiger partial charge in [-0.2, -0.15) is 0 Å². The van der Waals surface area contributed by atoms with Gasteiger partial charge < -0.3 is 10.2 Å². The first-order valence-electron chi connectivity index (χ1n) is 7.52. The van der Waals surface area contributed by atoms with Crippen molar-refractivity contribution in [2.45, 2.75) is 12.8 Å². The molecule has 4 nitrogen and oxygen atoms in total. The lowest BCUT2D eigenvalue weighted by molar-refractivity contribution is -0.132. The van der Waals surface area contributed by atoms with E-state index in [9.17, 15) is 9.59 Å². The van der Waals surface area contributed by atoms with E-state index in [2.05, 4.69) is 0 Å². The fourth-order valence-electron chi connectivity index (χ4n) is 2.26. The minimum atomic E-state index is -0.940. The third-order valence-corrected chi connectivity index (χ3v) is 3.47. The molecule has 2 aromatic carbocycles. The van der Waals surface area contributed by atoms with E-state index < -0.39 is 11.9 Å². The quantitative estimate of drug-likeness (QED) is 0.762. The third kappa shape index (κ3) is 5.57. The van der Waals surface area contributed by atoms with Crippen molar-refractivity contribution in [2.75, 3.05) is 0 Å². The second-order valence-corrected chi connectivity index (χ2v) is 5.28. The van der Waals surface area contributed by atoms with Gasteiger partial charge in [-0.15, -0.1) is 0 Å². The first kappa shape index (κ1) is 17.2. The van der Waals surface area contributed by atoms with Gasteiger partial charge >= 0.3 is 11.9 Å². The number of allylic oxidation sites excluding steroid dienone is 2. The Labute approximate surface area is 140 Å². The summed E-state index contributed by atoms with van der Waals surface area (Å²) in [6.07, 6.45) is 6.70. The Balaban J connectivity index is 2.01. The minimum Gasteiger partial charge on any atom is -0.478 e. The topological polar surface area (TPSA) is 74.6 Å². The van der Waals surface area contributed by atoms with E-state index in [1.807, 2.05) is 48.5 Å². The van der Waals surface area contributed by atoms with Gasteiger partial charge in [-0.1, -0.05) is 60.7 Å². The van der Waals surface area contributed by atoms with Crippen LogP contribution in [0.2, 0.25) is 0 Å². The molecule has 122 valence electrons. The summed E-state index contributed by atoms with van der Waals surface area (Å²) in [6, 6.07) is 15.9. The highest BCUT2D eigenvalue weighted by atomic mass is 16.4. The maximum atomic E-state index is 10.4. The number of hydrogen-bond acceptors (Lipinski definition) is 2. The molecular formula is C20H18O4. The second-order valence-electron chi connectivity index (χ2n) is 5.28. The molecule has 0 saturated carbocycles. The van der Waals surface area contributed by atoms with E-state index in [0.717, 1.165) is 34.4 Å². The van der Waals surface area contributed by atoms with Crippen LogP contribution in [-0.4, -0.2) is 22.2 Å². The summed E-state index contributed by atoms with van der Waals surface area (Å²) in [5.41, 5.74) is 4.25. The molecule has 0 atom stereocenters. The van der Waals surface area contributed by atoms with Crippen molar-refractivity contribution in [3.05, 3.63) is 84.0 Å². The molecule has 0 aliphatic carbocycles. The van der Waals surface area contributed by atoms with Crippen LogP contribution in [0.1, 0.15) is 11.1 Å². The van der Waals surface area contributed by atoms with Gasteiger partial charge in [0.05, 0.1) is 0 Å². The van der Waals surface area contributed by atoms with Gasteiger partial charge in [0.1, 0.15) is 0 Å². The highest BCUT2D eigenvalue weighted by Crippen LogP contribution is 2.21. The summed E-state index contributed by atoms with van der Waals surface area (Å²) in [7, 11) is 0. The van der Waals surface area contributed by atoms with Crippen LogP contribution < -0.4 is 0 Å². The molecule has 0 fully saturated rings. The number of carboxylic acid groups (broad SMARTS) is 2. The molecule has 0 bridgehead atoms. The highest BCUT2D eigenvalue weighted by molar-refractivity contribution is 5.80. The molecule has 2 N–H and O–H groups in total. The van der Waals surface area contributed by atoms with Crippen LogP contribution in [0.3, 0.4) is 0 Å². The van der Waals surface area contributed by atoms with Crippen LogP contribution in [0.25, 0.3) is 11.1 Å². The second kappa shape index (κ2) is 8.48. The monoisotopic (exact) mass is 322 g/mol. The van der Waals surface area contributed by atoms with E-state index in [-0.39, 0.29) is 0 Å². The first-order valence-corrected chi connectivity index (χ1v) is 7.52. The molecule has 0 unspecified atom stereocenters. The van der Waals surface area contributed by atoms with Gasteiger partial charge in [0.25, 0.3) is 0 Å². The molecule has 24 heavy (non-hydrogen) atoms. The van der Waals surface area contributed by atoms with E-state index in [0.29, 0.717) is 12.8 Å². The van der Waals surface area contributed by atoms with Gasteiger partial charge in [-0.3, -0.25) is 0 Å². The van der Waals surface area contributed by atoms with Crippen LogP contribution in [0.15, 0.2) is 72.8 Å². The van der Waals surface area contributed by atoms with Gasteiger partial charge in [0.2, 0.25) is 0 Å². The zero-order valence-corrected chi connectivity index (χ0v) is 13.1. The van der Waals surface area contributed by atoms with Crippen molar-refractivity contribution in [1.82, 2.24) is 0 Å². The Morgan fingerprint density at radius 1 is 0.667 bits per heavy atom. The van der Waals surface area contributed by atoms with Crippen molar-refractivity contribution in [2.24, 2.45) is 0 Å². The van der Waals surface area contributed by atoms with Gasteiger partial charge in [0, 0.05) is 12.2 Å². The number of aliphatic carboxylic acids is 2. The highest BCUT2D eigenvalue weighted by Gasteiger charge is 1.99. The van der Waals surface area contributed by atoms with E-state index in [1.54, 1.807) is 12.2 Å². The van der Waals surface area contributed by atoms with Gasteiger partial charge in [-0.25, -0.2) is 9.59 Å². The summed E-state index contributed by atoms with van der Waals surface area (Å²) >= 11 is 0. The molecule has 0 saturated heterocycles. The molecule has 0 spiro atoms. The number of rotatable bonds is 7. The summed E-state index contributed by atoms with van der Waals surface area (Å²) in [5, 5.41) is 17.1. The van der Waals surface area contributed by atoms with Crippen molar-refractivity contribution in [3.8, 4) is 11.1 Å². The van der Waals surface area contributed by atoms with Crippen LogP contribution in [0, 0.1) is 0 Å². The van der Waals surface area contributed by atoms with Crippen LogP contribution in [-0.2, 0) is 22.4 Å². The molecule has 0 heterocycles. The minimum absolute atomic E-state index is 0.585. The van der Waals surface area contributed by atoms with Gasteiger partial charge in [0.15, 0.2) is 0 Å². The van der Waals surface area contributed by atoms with Crippen molar-refractivity contribution < 1.29 is 19.8 Å². The molecule has 0 amide bonds. The molecular weight excluding hydrogens is 304 g/mol. The number of carbonyl (C=O) groups is 2. The predicted molar refractivity (Wildman–Crippen MR) is 92.8 cm³/mol. The van der Waals surface area contributed by atoms with E-state index in [1.165, 1.54) is 0 Å². The Hall–Kier alpha value is -3.14. The average Bonchev–Trinajstić information content (AvgIpc) is 2.56. The normalized spacial score (nSPS) is 11.2. The van der Waals surface area contributed by atoms with Crippen LogP contribution >= 0.6 is 0 Å². The zero-order valence-electron chi connectivity index (χ0n) is 13.1. The van der Waals surface area contributed by atoms with Crippen molar-refractivity contribution in [3.63, 3.8) is 0 Å². The summed E-state index contributed by atoms with van der Waals surface area (Å²) in [5.74, 6) is -1.88. The molecule has 4 heteroatoms. The lowest BCUT2D eigenvalue weighted by Gasteiger charge is -2.04. The van der Waals surface area contributed by atoms with Crippen LogP contribution in [0.4, 0.5) is 0 Å². The predicted octanol–water partition coefficient (Wildman–Crippen LogP) is 3.72. The SMILES string of the molecule is O=C(O)/C=C/Cc1ccc(-c2ccc(C/C=C/C(=O)O)cc2)cc1.